The average molecular weight is 629 g/mol. The van der Waals surface area contributed by atoms with Gasteiger partial charge in [-0.1, -0.05) is 6.07 Å². The summed E-state index contributed by atoms with van der Waals surface area (Å²) in [5.41, 5.74) is 4.03. The minimum atomic E-state index is -0.696. The van der Waals surface area contributed by atoms with Crippen LogP contribution in [0, 0.1) is 0 Å². The molecule has 0 bridgehead atoms. The van der Waals surface area contributed by atoms with Gasteiger partial charge in [-0.05, 0) is 78.9 Å². The van der Waals surface area contributed by atoms with Crippen molar-refractivity contribution in [1.29, 1.82) is 0 Å². The number of amides is 2. The summed E-state index contributed by atoms with van der Waals surface area (Å²) in [7, 11) is 6.29. The van der Waals surface area contributed by atoms with Gasteiger partial charge in [-0.25, -0.2) is 0 Å². The largest absolute Gasteiger partial charge is 0.497 e. The summed E-state index contributed by atoms with van der Waals surface area (Å²) in [5.74, 6) is 1.76. The maximum Gasteiger partial charge on any atom is 0.242 e. The van der Waals surface area contributed by atoms with Gasteiger partial charge in [-0.15, -0.1) is 0 Å². The molecule has 2 atom stereocenters. The van der Waals surface area contributed by atoms with Crippen molar-refractivity contribution in [2.75, 3.05) is 40.3 Å². The number of anilines is 1. The number of benzene rings is 2. The van der Waals surface area contributed by atoms with Crippen molar-refractivity contribution in [2.45, 2.75) is 45.3 Å². The Labute approximate surface area is 267 Å². The molecule has 2 amide bonds. The molecular formula is C35H40N4O7. The summed E-state index contributed by atoms with van der Waals surface area (Å²) in [6, 6.07) is 13.7. The molecule has 0 spiro atoms. The lowest BCUT2D eigenvalue weighted by atomic mass is 9.95. The Bertz CT molecular complexity index is 1830. The van der Waals surface area contributed by atoms with Crippen LogP contribution in [0.4, 0.5) is 5.69 Å². The van der Waals surface area contributed by atoms with E-state index in [0.717, 1.165) is 27.8 Å². The minimum Gasteiger partial charge on any atom is -0.497 e. The summed E-state index contributed by atoms with van der Waals surface area (Å²) < 4.78 is 24.5. The molecule has 0 aliphatic heterocycles. The van der Waals surface area contributed by atoms with Gasteiger partial charge in [0.15, 0.2) is 11.5 Å². The second-order valence-electron chi connectivity index (χ2n) is 11.2. The fourth-order valence-corrected chi connectivity index (χ4v) is 6.08. The summed E-state index contributed by atoms with van der Waals surface area (Å²) in [6.07, 6.45) is 3.12. The number of hydrogen-bond acceptors (Lipinski definition) is 8. The van der Waals surface area contributed by atoms with E-state index < -0.39 is 12.1 Å². The topological polar surface area (TPSA) is 129 Å². The first-order chi connectivity index (χ1) is 22.2. The lowest BCUT2D eigenvalue weighted by Gasteiger charge is -2.19. The zero-order valence-corrected chi connectivity index (χ0v) is 27.0. The predicted octanol–water partition coefficient (Wildman–Crippen LogP) is 4.44. The van der Waals surface area contributed by atoms with Gasteiger partial charge in [0.05, 0.1) is 40.2 Å². The molecule has 4 aromatic rings. The Balaban J connectivity index is 1.41. The molecule has 11 nitrogen and oxygen atoms in total. The van der Waals surface area contributed by atoms with E-state index in [1.807, 2.05) is 42.6 Å². The molecule has 1 aliphatic carbocycles. The lowest BCUT2D eigenvalue weighted by Crippen LogP contribution is -2.39. The van der Waals surface area contributed by atoms with Gasteiger partial charge in [0, 0.05) is 42.7 Å². The fraction of sp³-hybridized carbons (Fsp3) is 0.343. The average Bonchev–Trinajstić information content (AvgIpc) is 3.31. The van der Waals surface area contributed by atoms with Crippen LogP contribution in [0.25, 0.3) is 22.0 Å². The number of hydrogen-bond donors (Lipinski definition) is 3. The van der Waals surface area contributed by atoms with Crippen LogP contribution in [0.3, 0.4) is 0 Å². The highest BCUT2D eigenvalue weighted by atomic mass is 16.5. The third-order valence-electron chi connectivity index (χ3n) is 8.31. The highest BCUT2D eigenvalue weighted by Gasteiger charge is 2.29. The Morgan fingerprint density at radius 1 is 0.957 bits per heavy atom. The molecule has 0 fully saturated rings. The zero-order valence-electron chi connectivity index (χ0n) is 27.0. The van der Waals surface area contributed by atoms with Gasteiger partial charge in [0.1, 0.15) is 11.8 Å². The molecule has 5 rings (SSSR count). The summed E-state index contributed by atoms with van der Waals surface area (Å²) in [5, 5.41) is 10.1. The number of ether oxygens (including phenoxy) is 4. The molecule has 2 unspecified atom stereocenters. The lowest BCUT2D eigenvalue weighted by molar-refractivity contribution is -0.121. The van der Waals surface area contributed by atoms with Crippen molar-refractivity contribution in [3.63, 3.8) is 0 Å². The van der Waals surface area contributed by atoms with E-state index in [4.69, 9.17) is 18.9 Å². The highest BCUT2D eigenvalue weighted by Crippen LogP contribution is 2.50. The summed E-state index contributed by atoms with van der Waals surface area (Å²) in [6.45, 7) is 4.14. The number of aryl methyl sites for hydroxylation is 1. The molecule has 0 radical (unpaired) electrons. The van der Waals surface area contributed by atoms with Gasteiger partial charge in [0.2, 0.25) is 23.0 Å². The van der Waals surface area contributed by atoms with Crippen molar-refractivity contribution in [3.8, 4) is 34.1 Å². The van der Waals surface area contributed by atoms with E-state index in [0.29, 0.717) is 54.3 Å². The summed E-state index contributed by atoms with van der Waals surface area (Å²) >= 11 is 0. The van der Waals surface area contributed by atoms with Crippen molar-refractivity contribution in [3.05, 3.63) is 76.1 Å². The first-order valence-corrected chi connectivity index (χ1v) is 15.1. The number of aromatic nitrogens is 1. The Morgan fingerprint density at radius 2 is 1.74 bits per heavy atom. The van der Waals surface area contributed by atoms with Gasteiger partial charge in [-0.2, -0.15) is 0 Å². The van der Waals surface area contributed by atoms with Crippen LogP contribution >= 0.6 is 0 Å². The van der Waals surface area contributed by atoms with E-state index in [1.54, 1.807) is 34.3 Å². The second-order valence-corrected chi connectivity index (χ2v) is 11.2. The number of nitrogens with one attached hydrogen (secondary N) is 3. The maximum absolute atomic E-state index is 13.6. The van der Waals surface area contributed by atoms with Gasteiger partial charge < -0.3 is 39.5 Å². The molecule has 1 aromatic heterocycles. The Hall–Kier alpha value is -5.19. The van der Waals surface area contributed by atoms with E-state index in [2.05, 4.69) is 20.5 Å². The normalized spacial score (nSPS) is 14.3. The highest BCUT2D eigenvalue weighted by molar-refractivity contribution is 5.86. The van der Waals surface area contributed by atoms with Crippen LogP contribution in [0.15, 0.2) is 59.5 Å². The van der Waals surface area contributed by atoms with Gasteiger partial charge >= 0.3 is 0 Å². The van der Waals surface area contributed by atoms with Crippen LogP contribution in [-0.2, 0) is 22.6 Å². The predicted molar refractivity (Wildman–Crippen MR) is 177 cm³/mol. The minimum absolute atomic E-state index is 0.209. The van der Waals surface area contributed by atoms with E-state index in [-0.39, 0.29) is 22.9 Å². The number of carbonyl (C=O) groups is 2. The molecule has 11 heteroatoms. The molecule has 1 heterocycles. The number of fused-ring (bicyclic) bond motifs is 4. The monoisotopic (exact) mass is 628 g/mol. The molecule has 242 valence electrons. The SMILES string of the molecule is COc1ccc2c(ccn2CCNC(=O)C(C)Nc2ccc3c(cc2=O)C(NC(C)=O)CCc2cc(OC)c(OC)c(OC)c2-3)c1. The van der Waals surface area contributed by atoms with Crippen LogP contribution in [0.5, 0.6) is 23.0 Å². The van der Waals surface area contributed by atoms with E-state index in [9.17, 15) is 14.4 Å². The molecule has 3 aromatic carbocycles. The maximum atomic E-state index is 13.6. The Kier molecular flexibility index (Phi) is 9.69. The number of methoxy groups -OCH3 is 4. The smallest absolute Gasteiger partial charge is 0.242 e. The van der Waals surface area contributed by atoms with Crippen LogP contribution in [0.1, 0.15) is 37.4 Å². The zero-order chi connectivity index (χ0) is 33.0. The van der Waals surface area contributed by atoms with Crippen LogP contribution in [-0.4, -0.2) is 57.4 Å². The first kappa shape index (κ1) is 32.2. The second kappa shape index (κ2) is 13.8. The molecule has 46 heavy (non-hydrogen) atoms. The van der Waals surface area contributed by atoms with Crippen molar-refractivity contribution in [2.24, 2.45) is 0 Å². The molecule has 3 N–H and O–H groups in total. The fourth-order valence-electron chi connectivity index (χ4n) is 6.08. The first-order valence-electron chi connectivity index (χ1n) is 15.1. The Morgan fingerprint density at radius 3 is 2.43 bits per heavy atom. The molecule has 0 saturated carbocycles. The van der Waals surface area contributed by atoms with Crippen LogP contribution < -0.4 is 40.3 Å². The third kappa shape index (κ3) is 6.44. The van der Waals surface area contributed by atoms with Crippen molar-refractivity contribution >= 4 is 28.4 Å². The van der Waals surface area contributed by atoms with Crippen LogP contribution in [0.2, 0.25) is 0 Å². The van der Waals surface area contributed by atoms with E-state index in [1.165, 1.54) is 20.1 Å². The van der Waals surface area contributed by atoms with Gasteiger partial charge in [0.25, 0.3) is 0 Å². The standard InChI is InChI=1S/C35H40N4O7/c1-20(35(42)36-14-16-39-15-13-22-17-24(43-3)8-12-29(22)39)37-28-11-9-25-26(19-30(28)41)27(38-21(2)40)10-7-23-18-31(44-4)33(45-5)34(46-6)32(23)25/h8-9,11-13,15,17-20,27H,7,10,14,16H2,1-6H3,(H,36,42)(H,37,41)(H,38,40). The molecule has 1 aliphatic rings. The molecule has 0 saturated heterocycles. The number of nitrogens with zero attached hydrogens (tertiary/aromatic N) is 1. The van der Waals surface area contributed by atoms with E-state index >= 15 is 0 Å². The number of carbonyl (C=O) groups excluding carboxylic acids is 2. The summed E-state index contributed by atoms with van der Waals surface area (Å²) in [4.78, 5) is 38.9. The molecular weight excluding hydrogens is 588 g/mol. The van der Waals surface area contributed by atoms with Crippen molar-refractivity contribution in [1.82, 2.24) is 15.2 Å². The van der Waals surface area contributed by atoms with Crippen molar-refractivity contribution < 1.29 is 28.5 Å². The third-order valence-corrected chi connectivity index (χ3v) is 8.31. The van der Waals surface area contributed by atoms with Gasteiger partial charge in [-0.3, -0.25) is 14.4 Å². The quantitative estimate of drug-likeness (QED) is 0.222. The number of rotatable bonds is 11.